The zero-order valence-corrected chi connectivity index (χ0v) is 10.9. The molecule has 0 amide bonds. The second kappa shape index (κ2) is 5.04. The van der Waals surface area contributed by atoms with E-state index in [2.05, 4.69) is 5.16 Å². The lowest BCUT2D eigenvalue weighted by molar-refractivity contribution is 0.319. The Morgan fingerprint density at radius 1 is 1.10 bits per heavy atom. The molecule has 0 fully saturated rings. The minimum atomic E-state index is -0.734. The van der Waals surface area contributed by atoms with Crippen LogP contribution in [0.15, 0.2) is 45.1 Å². The van der Waals surface area contributed by atoms with Crippen LogP contribution >= 0.6 is 0 Å². The highest BCUT2D eigenvalue weighted by atomic mass is 16.4. The lowest BCUT2D eigenvalue weighted by Gasteiger charge is -2.11. The van der Waals surface area contributed by atoms with Crippen LogP contribution in [0, 0.1) is 0 Å². The molecule has 0 saturated carbocycles. The largest absolute Gasteiger partial charge is 0.494 e. The van der Waals surface area contributed by atoms with Crippen LogP contribution in [-0.4, -0.2) is 25.2 Å². The highest BCUT2D eigenvalue weighted by Crippen LogP contribution is 2.15. The minimum Gasteiger partial charge on any atom is -0.494 e. The monoisotopic (exact) mass is 275 g/mol. The third kappa shape index (κ3) is 1.99. The van der Waals surface area contributed by atoms with Crippen LogP contribution in [0.25, 0.3) is 0 Å². The molecule has 1 heterocycles. The predicted octanol–water partition coefficient (Wildman–Crippen LogP) is 0.0162. The summed E-state index contributed by atoms with van der Waals surface area (Å²) in [7, 11) is 2.61. The molecule has 0 atom stereocenters. The van der Waals surface area contributed by atoms with Crippen LogP contribution < -0.4 is 11.2 Å². The summed E-state index contributed by atoms with van der Waals surface area (Å²) in [6.07, 6.45) is 0. The van der Waals surface area contributed by atoms with E-state index in [0.717, 1.165) is 9.13 Å². The van der Waals surface area contributed by atoms with Crippen molar-refractivity contribution in [3.05, 3.63) is 62.3 Å². The van der Waals surface area contributed by atoms with Gasteiger partial charge in [0.05, 0.1) is 0 Å². The molecule has 0 aliphatic rings. The third-order valence-corrected chi connectivity index (χ3v) is 3.02. The van der Waals surface area contributed by atoms with E-state index in [1.807, 2.05) is 0 Å². The Labute approximate surface area is 113 Å². The van der Waals surface area contributed by atoms with Gasteiger partial charge in [0, 0.05) is 19.7 Å². The topological polar surface area (TPSA) is 96.8 Å². The average molecular weight is 275 g/mol. The average Bonchev–Trinajstić information content (AvgIpc) is 2.48. The van der Waals surface area contributed by atoms with Crippen LogP contribution in [0.3, 0.4) is 0 Å². The summed E-state index contributed by atoms with van der Waals surface area (Å²) in [5.74, 6) is -0.547. The molecular formula is C13H13N3O4. The van der Waals surface area contributed by atoms with Gasteiger partial charge in [-0.15, -0.1) is 0 Å². The number of benzene rings is 1. The number of hydrogen-bond donors (Lipinski definition) is 2. The van der Waals surface area contributed by atoms with Gasteiger partial charge in [0.2, 0.25) is 5.88 Å². The summed E-state index contributed by atoms with van der Waals surface area (Å²) in [5.41, 5.74) is -1.28. The molecule has 0 unspecified atom stereocenters. The zero-order valence-electron chi connectivity index (χ0n) is 10.9. The van der Waals surface area contributed by atoms with Crippen LogP contribution in [0.1, 0.15) is 11.1 Å². The fourth-order valence-corrected chi connectivity index (χ4v) is 1.89. The summed E-state index contributed by atoms with van der Waals surface area (Å²) in [4.78, 5) is 23.8. The van der Waals surface area contributed by atoms with E-state index in [9.17, 15) is 19.9 Å². The maximum absolute atomic E-state index is 12.1. The predicted molar refractivity (Wildman–Crippen MR) is 72.5 cm³/mol. The van der Waals surface area contributed by atoms with Crippen LogP contribution in [0.2, 0.25) is 0 Å². The van der Waals surface area contributed by atoms with Crippen molar-refractivity contribution >= 4 is 5.71 Å². The Kier molecular flexibility index (Phi) is 3.43. The first-order valence-corrected chi connectivity index (χ1v) is 5.75. The molecule has 7 nitrogen and oxygen atoms in total. The van der Waals surface area contributed by atoms with Crippen LogP contribution in [0.5, 0.6) is 5.88 Å². The smallest absolute Gasteiger partial charge is 0.333 e. The standard InChI is InChI=1S/C13H13N3O4/c1-15-11(17)9(12(18)16(2)13(15)19)10(14-20)8-6-4-3-5-7-8/h3-7,17,20H,1-2H3. The van der Waals surface area contributed by atoms with Gasteiger partial charge in [0.1, 0.15) is 11.3 Å². The first-order valence-electron chi connectivity index (χ1n) is 5.75. The van der Waals surface area contributed by atoms with E-state index in [1.54, 1.807) is 30.3 Å². The third-order valence-electron chi connectivity index (χ3n) is 3.02. The lowest BCUT2D eigenvalue weighted by atomic mass is 10.0. The molecule has 20 heavy (non-hydrogen) atoms. The molecule has 0 saturated heterocycles. The van der Waals surface area contributed by atoms with E-state index >= 15 is 0 Å². The first kappa shape index (κ1) is 13.6. The molecular weight excluding hydrogens is 262 g/mol. The van der Waals surface area contributed by atoms with Crippen molar-refractivity contribution in [1.29, 1.82) is 0 Å². The molecule has 7 heteroatoms. The fraction of sp³-hybridized carbons (Fsp3) is 0.154. The quantitative estimate of drug-likeness (QED) is 0.458. The van der Waals surface area contributed by atoms with Crippen molar-refractivity contribution in [3.8, 4) is 5.88 Å². The van der Waals surface area contributed by atoms with Gasteiger partial charge in [0.15, 0.2) is 0 Å². The zero-order chi connectivity index (χ0) is 14.9. The summed E-state index contributed by atoms with van der Waals surface area (Å²) >= 11 is 0. The van der Waals surface area contributed by atoms with Crippen molar-refractivity contribution in [2.24, 2.45) is 19.3 Å². The molecule has 2 rings (SSSR count). The van der Waals surface area contributed by atoms with E-state index < -0.39 is 17.1 Å². The minimum absolute atomic E-state index is 0.0979. The Bertz CT molecular complexity index is 788. The summed E-state index contributed by atoms with van der Waals surface area (Å²) in [6, 6.07) is 8.41. The number of hydrogen-bond acceptors (Lipinski definition) is 5. The second-order valence-electron chi connectivity index (χ2n) is 4.22. The fourth-order valence-electron chi connectivity index (χ4n) is 1.89. The van der Waals surface area contributed by atoms with Gasteiger partial charge < -0.3 is 10.3 Å². The van der Waals surface area contributed by atoms with Gasteiger partial charge in [-0.1, -0.05) is 35.5 Å². The van der Waals surface area contributed by atoms with Crippen molar-refractivity contribution in [1.82, 2.24) is 9.13 Å². The SMILES string of the molecule is Cn1c(O)c(C(=NO)c2ccccc2)c(=O)n(C)c1=O. The Hall–Kier alpha value is -2.83. The van der Waals surface area contributed by atoms with Crippen molar-refractivity contribution in [2.45, 2.75) is 0 Å². The maximum Gasteiger partial charge on any atom is 0.333 e. The number of rotatable bonds is 2. The van der Waals surface area contributed by atoms with Gasteiger partial charge in [-0.25, -0.2) is 4.79 Å². The van der Waals surface area contributed by atoms with Gasteiger partial charge in [-0.05, 0) is 0 Å². The molecule has 1 aromatic heterocycles. The molecule has 0 bridgehead atoms. The normalized spacial score (nSPS) is 11.6. The second-order valence-corrected chi connectivity index (χ2v) is 4.22. The van der Waals surface area contributed by atoms with Crippen molar-refractivity contribution in [2.75, 3.05) is 0 Å². The van der Waals surface area contributed by atoms with E-state index in [-0.39, 0.29) is 11.3 Å². The molecule has 1 aromatic carbocycles. The van der Waals surface area contributed by atoms with Crippen molar-refractivity contribution < 1.29 is 10.3 Å². The lowest BCUT2D eigenvalue weighted by Crippen LogP contribution is -2.40. The summed E-state index contributed by atoms with van der Waals surface area (Å²) < 4.78 is 1.74. The van der Waals surface area contributed by atoms with Crippen LogP contribution in [0.4, 0.5) is 0 Å². The molecule has 0 aliphatic carbocycles. The number of oxime groups is 1. The molecule has 2 aromatic rings. The highest BCUT2D eigenvalue weighted by molar-refractivity contribution is 6.13. The molecule has 2 N–H and O–H groups in total. The van der Waals surface area contributed by atoms with E-state index in [4.69, 9.17) is 0 Å². The molecule has 104 valence electrons. The van der Waals surface area contributed by atoms with Gasteiger partial charge in [0.25, 0.3) is 5.56 Å². The van der Waals surface area contributed by atoms with Gasteiger partial charge in [-0.2, -0.15) is 0 Å². The Morgan fingerprint density at radius 2 is 1.70 bits per heavy atom. The van der Waals surface area contributed by atoms with Crippen molar-refractivity contribution in [3.63, 3.8) is 0 Å². The maximum atomic E-state index is 12.1. The number of aromatic nitrogens is 2. The number of aromatic hydroxyl groups is 1. The Balaban J connectivity index is 2.83. The molecule has 0 spiro atoms. The molecule has 0 aliphatic heterocycles. The highest BCUT2D eigenvalue weighted by Gasteiger charge is 2.21. The summed E-state index contributed by atoms with van der Waals surface area (Å²) in [5, 5.41) is 22.3. The Morgan fingerprint density at radius 3 is 2.25 bits per heavy atom. The van der Waals surface area contributed by atoms with E-state index in [0.29, 0.717) is 5.56 Å². The molecule has 0 radical (unpaired) electrons. The number of nitrogens with zero attached hydrogens (tertiary/aromatic N) is 3. The van der Waals surface area contributed by atoms with E-state index in [1.165, 1.54) is 14.1 Å². The van der Waals surface area contributed by atoms with Crippen LogP contribution in [-0.2, 0) is 14.1 Å². The van der Waals surface area contributed by atoms with Gasteiger partial charge in [-0.3, -0.25) is 13.9 Å². The summed E-state index contributed by atoms with van der Waals surface area (Å²) in [6.45, 7) is 0. The first-order chi connectivity index (χ1) is 9.49. The van der Waals surface area contributed by atoms with Gasteiger partial charge >= 0.3 is 5.69 Å².